The highest BCUT2D eigenvalue weighted by atomic mass is 16.5. The van der Waals surface area contributed by atoms with Crippen LogP contribution in [0.15, 0.2) is 23.3 Å². The normalized spacial score (nSPS) is 41.4. The van der Waals surface area contributed by atoms with Crippen LogP contribution in [0.25, 0.3) is 0 Å². The molecule has 0 saturated heterocycles. The summed E-state index contributed by atoms with van der Waals surface area (Å²) >= 11 is 0. The van der Waals surface area contributed by atoms with Gasteiger partial charge in [-0.25, -0.2) is 0 Å². The smallest absolute Gasteiger partial charge is 0.302 e. The quantitative estimate of drug-likeness (QED) is 0.501. The van der Waals surface area contributed by atoms with Crippen molar-refractivity contribution in [2.75, 3.05) is 6.61 Å². The zero-order valence-electron chi connectivity index (χ0n) is 18.7. The van der Waals surface area contributed by atoms with Gasteiger partial charge >= 0.3 is 11.9 Å². The van der Waals surface area contributed by atoms with E-state index in [1.807, 2.05) is 6.08 Å². The van der Waals surface area contributed by atoms with Gasteiger partial charge < -0.3 is 9.47 Å². The van der Waals surface area contributed by atoms with Crippen molar-refractivity contribution < 1.29 is 23.9 Å². The van der Waals surface area contributed by atoms with Crippen molar-refractivity contribution in [2.45, 2.75) is 78.7 Å². The van der Waals surface area contributed by atoms with Crippen LogP contribution >= 0.6 is 0 Å². The second kappa shape index (κ2) is 7.65. The number of hydrogen-bond acceptors (Lipinski definition) is 5. The Morgan fingerprint density at radius 3 is 2.57 bits per heavy atom. The fraction of sp³-hybridized carbons (Fsp3) is 0.720. The van der Waals surface area contributed by atoms with Gasteiger partial charge in [0.15, 0.2) is 5.78 Å². The zero-order chi connectivity index (χ0) is 21.7. The highest BCUT2D eigenvalue weighted by molar-refractivity contribution is 5.91. The molecule has 5 heteroatoms. The van der Waals surface area contributed by atoms with E-state index in [0.717, 1.165) is 38.5 Å². The van der Waals surface area contributed by atoms with Crippen molar-refractivity contribution in [3.8, 4) is 0 Å². The van der Waals surface area contributed by atoms with Gasteiger partial charge in [0.05, 0.1) is 0 Å². The number of esters is 2. The molecule has 0 spiro atoms. The van der Waals surface area contributed by atoms with Crippen LogP contribution in [0.3, 0.4) is 0 Å². The van der Waals surface area contributed by atoms with Crippen LogP contribution in [-0.2, 0) is 23.9 Å². The molecular formula is C25H34O5. The maximum atomic E-state index is 12.1. The molecular weight excluding hydrogens is 380 g/mol. The van der Waals surface area contributed by atoms with E-state index in [9.17, 15) is 14.4 Å². The maximum absolute atomic E-state index is 12.1. The van der Waals surface area contributed by atoms with Gasteiger partial charge in [0.2, 0.25) is 0 Å². The van der Waals surface area contributed by atoms with Crippen molar-refractivity contribution in [3.63, 3.8) is 0 Å². The average molecular weight is 415 g/mol. The molecule has 4 rings (SSSR count). The standard InChI is InChI=1S/C25H34O5/c1-15(26)29-12-10-17-6-8-21-20-7-5-18-13-19(28)9-11-24(18,3)23(20)22(30-16(2)27)14-25(17,21)4/h10,13,20-23H,5-9,11-12,14H2,1-4H3/t20-,21-,22+,23+,24-,25+/m0/s1. The summed E-state index contributed by atoms with van der Waals surface area (Å²) in [7, 11) is 0. The average Bonchev–Trinajstić information content (AvgIpc) is 2.97. The summed E-state index contributed by atoms with van der Waals surface area (Å²) in [6.07, 6.45) is 10.2. The second-order valence-corrected chi connectivity index (χ2v) is 10.2. The van der Waals surface area contributed by atoms with Crippen LogP contribution in [0.5, 0.6) is 0 Å². The third-order valence-corrected chi connectivity index (χ3v) is 8.66. The van der Waals surface area contributed by atoms with E-state index in [1.165, 1.54) is 25.0 Å². The van der Waals surface area contributed by atoms with E-state index >= 15 is 0 Å². The van der Waals surface area contributed by atoms with Gasteiger partial charge in [-0.2, -0.15) is 0 Å². The lowest BCUT2D eigenvalue weighted by molar-refractivity contribution is -0.170. The Morgan fingerprint density at radius 2 is 1.87 bits per heavy atom. The van der Waals surface area contributed by atoms with E-state index in [1.54, 1.807) is 0 Å². The molecule has 0 aromatic heterocycles. The molecule has 0 bridgehead atoms. The highest BCUT2D eigenvalue weighted by Crippen LogP contribution is 2.67. The summed E-state index contributed by atoms with van der Waals surface area (Å²) in [5, 5.41) is 0. The van der Waals surface area contributed by atoms with Crippen molar-refractivity contribution >= 4 is 17.7 Å². The zero-order valence-corrected chi connectivity index (χ0v) is 18.7. The first-order chi connectivity index (χ1) is 14.1. The monoisotopic (exact) mass is 414 g/mol. The van der Waals surface area contributed by atoms with Gasteiger partial charge in [-0.05, 0) is 73.3 Å². The van der Waals surface area contributed by atoms with Gasteiger partial charge in [0, 0.05) is 26.2 Å². The largest absolute Gasteiger partial charge is 0.462 e. The van der Waals surface area contributed by atoms with Gasteiger partial charge in [0.25, 0.3) is 0 Å². The minimum atomic E-state index is -0.264. The molecule has 3 fully saturated rings. The molecule has 0 heterocycles. The Morgan fingerprint density at radius 1 is 1.10 bits per heavy atom. The fourth-order valence-electron chi connectivity index (χ4n) is 7.42. The number of fused-ring (bicyclic) bond motifs is 5. The number of allylic oxidation sites excluding steroid dienone is 2. The minimum Gasteiger partial charge on any atom is -0.462 e. The predicted octanol–water partition coefficient (Wildman–Crippen LogP) is 4.55. The Bertz CT molecular complexity index is 823. The minimum absolute atomic E-state index is 0.0382. The molecule has 3 saturated carbocycles. The number of rotatable bonds is 3. The number of ether oxygens (including phenoxy) is 2. The van der Waals surface area contributed by atoms with Gasteiger partial charge in [-0.3, -0.25) is 14.4 Å². The SMILES string of the molecule is CC(=O)OCC=C1CC[C@H]2[C@@H]3CCC4=CC(=O)CC[C@]4(C)[C@H]3[C@H](OC(C)=O)C[C@]12C. The number of carbonyl (C=O) groups is 3. The van der Waals surface area contributed by atoms with E-state index in [2.05, 4.69) is 19.9 Å². The molecule has 6 atom stereocenters. The summed E-state index contributed by atoms with van der Waals surface area (Å²) in [4.78, 5) is 35.4. The maximum Gasteiger partial charge on any atom is 0.302 e. The summed E-state index contributed by atoms with van der Waals surface area (Å²) in [5.74, 6) is 1.02. The molecule has 30 heavy (non-hydrogen) atoms. The van der Waals surface area contributed by atoms with Gasteiger partial charge in [0.1, 0.15) is 12.7 Å². The second-order valence-electron chi connectivity index (χ2n) is 10.2. The van der Waals surface area contributed by atoms with Crippen molar-refractivity contribution in [3.05, 3.63) is 23.3 Å². The molecule has 0 aliphatic heterocycles. The van der Waals surface area contributed by atoms with Gasteiger partial charge in [-0.15, -0.1) is 0 Å². The molecule has 0 aromatic rings. The molecule has 5 nitrogen and oxygen atoms in total. The lowest BCUT2D eigenvalue weighted by atomic mass is 9.46. The third-order valence-electron chi connectivity index (χ3n) is 8.66. The summed E-state index contributed by atoms with van der Waals surface area (Å²) in [5.41, 5.74) is 2.51. The first-order valence-corrected chi connectivity index (χ1v) is 11.4. The Kier molecular flexibility index (Phi) is 5.44. The molecule has 0 unspecified atom stereocenters. The molecule has 4 aliphatic rings. The third kappa shape index (κ3) is 3.44. The Balaban J connectivity index is 1.70. The summed E-state index contributed by atoms with van der Waals surface area (Å²) < 4.78 is 11.2. The predicted molar refractivity (Wildman–Crippen MR) is 112 cm³/mol. The number of ketones is 1. The van der Waals surface area contributed by atoms with Crippen molar-refractivity contribution in [1.82, 2.24) is 0 Å². The van der Waals surface area contributed by atoms with Crippen LogP contribution in [0.4, 0.5) is 0 Å². The van der Waals surface area contributed by atoms with Crippen molar-refractivity contribution in [1.29, 1.82) is 0 Å². The molecule has 0 radical (unpaired) electrons. The van der Waals surface area contributed by atoms with E-state index in [-0.39, 0.29) is 40.6 Å². The summed E-state index contributed by atoms with van der Waals surface area (Å²) in [6.45, 7) is 7.86. The van der Waals surface area contributed by atoms with E-state index < -0.39 is 0 Å². The van der Waals surface area contributed by atoms with E-state index in [4.69, 9.17) is 9.47 Å². The Labute approximate surface area is 179 Å². The lowest BCUT2D eigenvalue weighted by Gasteiger charge is -2.59. The number of hydrogen-bond donors (Lipinski definition) is 0. The van der Waals surface area contributed by atoms with Crippen LogP contribution in [0, 0.1) is 28.6 Å². The van der Waals surface area contributed by atoms with Gasteiger partial charge in [-0.1, -0.05) is 25.0 Å². The van der Waals surface area contributed by atoms with Crippen LogP contribution in [0.2, 0.25) is 0 Å². The highest BCUT2D eigenvalue weighted by Gasteiger charge is 2.61. The molecule has 0 N–H and O–H groups in total. The molecule has 164 valence electrons. The Hall–Kier alpha value is -1.91. The first kappa shape index (κ1) is 21.3. The fourth-order valence-corrected chi connectivity index (χ4v) is 7.42. The molecule has 4 aliphatic carbocycles. The first-order valence-electron chi connectivity index (χ1n) is 11.4. The van der Waals surface area contributed by atoms with E-state index in [0.29, 0.717) is 24.9 Å². The molecule has 0 aromatic carbocycles. The summed E-state index contributed by atoms with van der Waals surface area (Å²) in [6, 6.07) is 0. The number of carbonyl (C=O) groups excluding carboxylic acids is 3. The van der Waals surface area contributed by atoms with Crippen LogP contribution in [0.1, 0.15) is 72.6 Å². The van der Waals surface area contributed by atoms with Crippen molar-refractivity contribution in [2.24, 2.45) is 28.6 Å². The van der Waals surface area contributed by atoms with Crippen LogP contribution < -0.4 is 0 Å². The van der Waals surface area contributed by atoms with Crippen LogP contribution in [-0.4, -0.2) is 30.4 Å². The lowest BCUT2D eigenvalue weighted by Crippen LogP contribution is -2.56. The molecule has 0 amide bonds. The topological polar surface area (TPSA) is 69.7 Å².